The Labute approximate surface area is 102 Å². The Balaban J connectivity index is 1.71. The van der Waals surface area contributed by atoms with E-state index in [2.05, 4.69) is 10.00 Å². The third-order valence-corrected chi connectivity index (χ3v) is 4.01. The van der Waals surface area contributed by atoms with E-state index < -0.39 is 0 Å². The van der Waals surface area contributed by atoms with Crippen molar-refractivity contribution in [2.45, 2.75) is 19.4 Å². The molecule has 3 rings (SSSR count). The highest BCUT2D eigenvalue weighted by Gasteiger charge is 2.45. The van der Waals surface area contributed by atoms with Crippen LogP contribution >= 0.6 is 0 Å². The normalized spacial score (nSPS) is 22.8. The summed E-state index contributed by atoms with van der Waals surface area (Å²) >= 11 is 0. The van der Waals surface area contributed by atoms with Gasteiger partial charge in [0.25, 0.3) is 0 Å². The van der Waals surface area contributed by atoms with Gasteiger partial charge in [0.2, 0.25) is 0 Å². The van der Waals surface area contributed by atoms with Gasteiger partial charge in [0, 0.05) is 57.1 Å². The highest BCUT2D eigenvalue weighted by atomic mass is 16.5. The van der Waals surface area contributed by atoms with Crippen molar-refractivity contribution in [2.24, 2.45) is 18.2 Å². The average Bonchev–Trinajstić information content (AvgIpc) is 2.68. The Bertz CT molecular complexity index is 401. The molecule has 0 aliphatic carbocycles. The van der Waals surface area contributed by atoms with Gasteiger partial charge in [-0.2, -0.15) is 5.10 Å². The largest absolute Gasteiger partial charge is 0.381 e. The van der Waals surface area contributed by atoms with E-state index in [0.717, 1.165) is 37.7 Å². The Morgan fingerprint density at radius 3 is 2.76 bits per heavy atom. The smallest absolute Gasteiger partial charge is 0.155 e. The van der Waals surface area contributed by atoms with E-state index in [1.54, 1.807) is 0 Å². The van der Waals surface area contributed by atoms with Crippen LogP contribution in [0.5, 0.6) is 0 Å². The number of nitrogens with two attached hydrogens (primary N) is 1. The summed E-state index contributed by atoms with van der Waals surface area (Å²) in [7, 11) is 1.95. The second kappa shape index (κ2) is 3.99. The second-order valence-electron chi connectivity index (χ2n) is 5.32. The molecule has 1 aromatic rings. The summed E-state index contributed by atoms with van der Waals surface area (Å²) in [5, 5.41) is 4.51. The lowest BCUT2D eigenvalue weighted by atomic mass is 9.73. The van der Waals surface area contributed by atoms with Crippen LogP contribution in [0.3, 0.4) is 0 Å². The fraction of sp³-hybridized carbons (Fsp3) is 0.750. The van der Waals surface area contributed by atoms with Crippen molar-refractivity contribution in [3.05, 3.63) is 11.8 Å². The van der Waals surface area contributed by atoms with Crippen molar-refractivity contribution in [1.29, 1.82) is 0 Å². The van der Waals surface area contributed by atoms with Crippen LogP contribution in [0.1, 0.15) is 18.4 Å². The number of hydrogen-bond donors (Lipinski definition) is 1. The SMILES string of the molecule is Cn1cc(CN)c(N2CC3(CCOCC3)C2)n1. The molecule has 0 amide bonds. The topological polar surface area (TPSA) is 56.3 Å². The zero-order valence-electron chi connectivity index (χ0n) is 10.4. The molecule has 2 N–H and O–H groups in total. The van der Waals surface area contributed by atoms with Gasteiger partial charge in [-0.05, 0) is 12.8 Å². The number of hydrogen-bond acceptors (Lipinski definition) is 4. The summed E-state index contributed by atoms with van der Waals surface area (Å²) < 4.78 is 7.29. The van der Waals surface area contributed by atoms with E-state index in [0.29, 0.717) is 12.0 Å². The van der Waals surface area contributed by atoms with Gasteiger partial charge >= 0.3 is 0 Å². The van der Waals surface area contributed by atoms with Gasteiger partial charge < -0.3 is 15.4 Å². The Hall–Kier alpha value is -1.07. The van der Waals surface area contributed by atoms with Crippen molar-refractivity contribution in [2.75, 3.05) is 31.2 Å². The van der Waals surface area contributed by atoms with Crippen molar-refractivity contribution < 1.29 is 4.74 Å². The molecule has 2 fully saturated rings. The summed E-state index contributed by atoms with van der Waals surface area (Å²) in [5.41, 5.74) is 7.39. The van der Waals surface area contributed by atoms with E-state index in [-0.39, 0.29) is 0 Å². The minimum atomic E-state index is 0.488. The molecule has 2 aliphatic rings. The molecular weight excluding hydrogens is 216 g/mol. The lowest BCUT2D eigenvalue weighted by Gasteiger charge is -2.52. The van der Waals surface area contributed by atoms with Crippen LogP contribution in [0.4, 0.5) is 5.82 Å². The summed E-state index contributed by atoms with van der Waals surface area (Å²) in [6, 6.07) is 0. The maximum absolute atomic E-state index is 5.75. The van der Waals surface area contributed by atoms with Crippen LogP contribution < -0.4 is 10.6 Å². The molecule has 0 radical (unpaired) electrons. The molecule has 0 unspecified atom stereocenters. The minimum Gasteiger partial charge on any atom is -0.381 e. The maximum Gasteiger partial charge on any atom is 0.155 e. The summed E-state index contributed by atoms with van der Waals surface area (Å²) in [6.07, 6.45) is 4.40. The molecule has 3 heterocycles. The van der Waals surface area contributed by atoms with Crippen molar-refractivity contribution in [3.63, 3.8) is 0 Å². The number of aryl methyl sites for hydroxylation is 1. The average molecular weight is 236 g/mol. The number of rotatable bonds is 2. The first-order valence-electron chi connectivity index (χ1n) is 6.28. The van der Waals surface area contributed by atoms with E-state index in [1.807, 2.05) is 17.9 Å². The van der Waals surface area contributed by atoms with Crippen LogP contribution in [0, 0.1) is 5.41 Å². The quantitative estimate of drug-likeness (QED) is 0.812. The van der Waals surface area contributed by atoms with Crippen LogP contribution in [-0.4, -0.2) is 36.1 Å². The molecule has 17 heavy (non-hydrogen) atoms. The molecule has 0 atom stereocenters. The maximum atomic E-state index is 5.75. The van der Waals surface area contributed by atoms with Crippen molar-refractivity contribution in [1.82, 2.24) is 9.78 Å². The number of anilines is 1. The molecule has 1 spiro atoms. The Morgan fingerprint density at radius 2 is 2.12 bits per heavy atom. The summed E-state index contributed by atoms with van der Waals surface area (Å²) in [5.74, 6) is 1.08. The van der Waals surface area contributed by atoms with Crippen LogP contribution in [-0.2, 0) is 18.3 Å². The molecule has 94 valence electrons. The van der Waals surface area contributed by atoms with Crippen LogP contribution in [0.15, 0.2) is 6.20 Å². The molecule has 0 saturated carbocycles. The van der Waals surface area contributed by atoms with Gasteiger partial charge in [0.15, 0.2) is 5.82 Å². The number of aromatic nitrogens is 2. The number of nitrogens with zero attached hydrogens (tertiary/aromatic N) is 3. The highest BCUT2D eigenvalue weighted by Crippen LogP contribution is 2.42. The molecule has 5 heteroatoms. The van der Waals surface area contributed by atoms with Gasteiger partial charge in [-0.15, -0.1) is 0 Å². The zero-order valence-corrected chi connectivity index (χ0v) is 10.4. The van der Waals surface area contributed by atoms with E-state index in [1.165, 1.54) is 12.8 Å². The summed E-state index contributed by atoms with van der Waals surface area (Å²) in [4.78, 5) is 2.35. The molecule has 5 nitrogen and oxygen atoms in total. The fourth-order valence-corrected chi connectivity index (χ4v) is 2.97. The predicted molar refractivity (Wildman–Crippen MR) is 65.8 cm³/mol. The third-order valence-electron chi connectivity index (χ3n) is 4.01. The Kier molecular flexibility index (Phi) is 2.60. The molecule has 2 saturated heterocycles. The van der Waals surface area contributed by atoms with Gasteiger partial charge in [-0.3, -0.25) is 4.68 Å². The standard InChI is InChI=1S/C12H20N4O/c1-15-7-10(6-13)11(14-15)16-8-12(9-16)2-4-17-5-3-12/h7H,2-6,8-9,13H2,1H3. The fourth-order valence-electron chi connectivity index (χ4n) is 2.97. The molecule has 0 bridgehead atoms. The Morgan fingerprint density at radius 1 is 1.41 bits per heavy atom. The molecule has 2 aliphatic heterocycles. The first-order chi connectivity index (χ1) is 8.22. The van der Waals surface area contributed by atoms with Gasteiger partial charge in [0.05, 0.1) is 0 Å². The van der Waals surface area contributed by atoms with Gasteiger partial charge in [-0.25, -0.2) is 0 Å². The highest BCUT2D eigenvalue weighted by molar-refractivity contribution is 5.49. The zero-order chi connectivity index (χ0) is 11.9. The van der Waals surface area contributed by atoms with E-state index >= 15 is 0 Å². The third kappa shape index (κ3) is 1.83. The van der Waals surface area contributed by atoms with Crippen molar-refractivity contribution >= 4 is 5.82 Å². The number of ether oxygens (including phenoxy) is 1. The van der Waals surface area contributed by atoms with Crippen LogP contribution in [0.2, 0.25) is 0 Å². The second-order valence-corrected chi connectivity index (χ2v) is 5.32. The van der Waals surface area contributed by atoms with Crippen LogP contribution in [0.25, 0.3) is 0 Å². The molecule has 0 aromatic carbocycles. The van der Waals surface area contributed by atoms with Gasteiger partial charge in [0.1, 0.15) is 0 Å². The van der Waals surface area contributed by atoms with Gasteiger partial charge in [-0.1, -0.05) is 0 Å². The first-order valence-corrected chi connectivity index (χ1v) is 6.28. The molecular formula is C12H20N4O. The molecule has 1 aromatic heterocycles. The van der Waals surface area contributed by atoms with E-state index in [9.17, 15) is 0 Å². The van der Waals surface area contributed by atoms with E-state index in [4.69, 9.17) is 10.5 Å². The minimum absolute atomic E-state index is 0.488. The monoisotopic (exact) mass is 236 g/mol. The summed E-state index contributed by atoms with van der Waals surface area (Å²) in [6.45, 7) is 4.62. The lowest BCUT2D eigenvalue weighted by molar-refractivity contribution is -0.000529. The lowest BCUT2D eigenvalue weighted by Crippen LogP contribution is -2.59. The van der Waals surface area contributed by atoms with Crippen molar-refractivity contribution in [3.8, 4) is 0 Å². The first kappa shape index (κ1) is 11.0. The predicted octanol–water partition coefficient (Wildman–Crippen LogP) is 0.496.